The highest BCUT2D eigenvalue weighted by atomic mass is 79.9. The Labute approximate surface area is 185 Å². The smallest absolute Gasteiger partial charge is 0.251 e. The molecule has 0 aromatic heterocycles. The fraction of sp³-hybridized carbons (Fsp3) is 0.333. The van der Waals surface area contributed by atoms with Crippen molar-refractivity contribution in [3.63, 3.8) is 0 Å². The fourth-order valence-electron chi connectivity index (χ4n) is 3.98. The fourth-order valence-corrected chi connectivity index (χ4v) is 4.24. The van der Waals surface area contributed by atoms with Crippen LogP contribution in [-0.4, -0.2) is 42.5 Å². The highest BCUT2D eigenvalue weighted by Crippen LogP contribution is 2.30. The molecule has 5 nitrogen and oxygen atoms in total. The van der Waals surface area contributed by atoms with E-state index in [2.05, 4.69) is 39.0 Å². The monoisotopic (exact) mass is 468 g/mol. The van der Waals surface area contributed by atoms with Crippen LogP contribution >= 0.6 is 15.9 Å². The minimum Gasteiger partial charge on any atom is -0.494 e. The number of hydrogen-bond acceptors (Lipinski definition) is 4. The molecule has 2 aliphatic rings. The Balaban J connectivity index is 1.43. The number of benzene rings is 2. The number of nitrogens with zero attached hydrogens (tertiary/aromatic N) is 2. The van der Waals surface area contributed by atoms with Crippen LogP contribution in [0.15, 0.2) is 59.1 Å². The summed E-state index contributed by atoms with van der Waals surface area (Å²) in [5, 5.41) is 0. The molecule has 0 unspecified atom stereocenters. The predicted octanol–water partition coefficient (Wildman–Crippen LogP) is 4.66. The van der Waals surface area contributed by atoms with Crippen LogP contribution in [0.5, 0.6) is 5.75 Å². The maximum atomic E-state index is 13.1. The van der Waals surface area contributed by atoms with Crippen molar-refractivity contribution in [2.45, 2.75) is 32.2 Å². The zero-order valence-electron chi connectivity index (χ0n) is 17.0. The lowest BCUT2D eigenvalue weighted by Gasteiger charge is -2.30. The van der Waals surface area contributed by atoms with Gasteiger partial charge in [-0.15, -0.1) is 0 Å². The summed E-state index contributed by atoms with van der Waals surface area (Å²) in [6, 6.07) is 15.1. The number of carbonyl (C=O) groups excluding carboxylic acids is 2. The van der Waals surface area contributed by atoms with E-state index in [1.165, 1.54) is 16.0 Å². The quantitative estimate of drug-likeness (QED) is 0.578. The van der Waals surface area contributed by atoms with Gasteiger partial charge in [0.2, 0.25) is 5.91 Å². The maximum absolute atomic E-state index is 13.1. The number of rotatable bonds is 6. The summed E-state index contributed by atoms with van der Waals surface area (Å²) in [4.78, 5) is 29.1. The van der Waals surface area contributed by atoms with Gasteiger partial charge < -0.3 is 4.74 Å². The van der Waals surface area contributed by atoms with Crippen LogP contribution in [0.4, 0.5) is 5.69 Å². The van der Waals surface area contributed by atoms with Gasteiger partial charge in [-0.05, 0) is 60.4 Å². The molecule has 0 bridgehead atoms. The molecular formula is C24H25BrN2O3. The number of halogens is 1. The number of hydrogen-bond donors (Lipinski definition) is 0. The average Bonchev–Trinajstić information content (AvgIpc) is 3.07. The van der Waals surface area contributed by atoms with Gasteiger partial charge in [0.25, 0.3) is 5.91 Å². The van der Waals surface area contributed by atoms with E-state index >= 15 is 0 Å². The Morgan fingerprint density at radius 1 is 1.07 bits per heavy atom. The van der Waals surface area contributed by atoms with Crippen molar-refractivity contribution >= 4 is 39.0 Å². The van der Waals surface area contributed by atoms with Crippen LogP contribution < -0.4 is 9.64 Å². The topological polar surface area (TPSA) is 49.9 Å². The summed E-state index contributed by atoms with van der Waals surface area (Å²) in [6.45, 7) is 4.14. The summed E-state index contributed by atoms with van der Waals surface area (Å²) in [5.41, 5.74) is 3.10. The summed E-state index contributed by atoms with van der Waals surface area (Å²) < 4.78 is 6.65. The van der Waals surface area contributed by atoms with E-state index in [4.69, 9.17) is 4.74 Å². The molecule has 2 aromatic rings. The van der Waals surface area contributed by atoms with Gasteiger partial charge in [0.05, 0.1) is 24.8 Å². The molecule has 0 saturated carbocycles. The van der Waals surface area contributed by atoms with Crippen LogP contribution in [0.3, 0.4) is 0 Å². The molecule has 0 aliphatic carbocycles. The van der Waals surface area contributed by atoms with Crippen LogP contribution in [0.25, 0.3) is 5.57 Å². The van der Waals surface area contributed by atoms with Crippen molar-refractivity contribution in [3.8, 4) is 5.75 Å². The van der Waals surface area contributed by atoms with E-state index in [1.54, 1.807) is 12.1 Å². The van der Waals surface area contributed by atoms with Crippen molar-refractivity contribution < 1.29 is 14.3 Å². The molecular weight excluding hydrogens is 444 g/mol. The van der Waals surface area contributed by atoms with Gasteiger partial charge in [-0.3, -0.25) is 14.5 Å². The SMILES string of the molecule is CCCOc1ccc(N2C(=O)C[C@@H](N3CC=C(c4ccc(Br)cc4)CC3)C2=O)cc1. The molecule has 2 amide bonds. The first-order chi connectivity index (χ1) is 14.6. The van der Waals surface area contributed by atoms with Crippen LogP contribution in [0, 0.1) is 0 Å². The minimum atomic E-state index is -0.392. The van der Waals surface area contributed by atoms with E-state index in [9.17, 15) is 9.59 Å². The van der Waals surface area contributed by atoms with Crippen LogP contribution in [0.2, 0.25) is 0 Å². The van der Waals surface area contributed by atoms with Crippen LogP contribution in [0.1, 0.15) is 31.7 Å². The third-order valence-corrected chi connectivity index (χ3v) is 6.12. The number of anilines is 1. The molecule has 1 fully saturated rings. The lowest BCUT2D eigenvalue weighted by Crippen LogP contribution is -2.44. The first-order valence-corrected chi connectivity index (χ1v) is 11.1. The predicted molar refractivity (Wildman–Crippen MR) is 121 cm³/mol. The summed E-state index contributed by atoms with van der Waals surface area (Å²) in [5.74, 6) is 0.468. The number of imide groups is 1. The summed E-state index contributed by atoms with van der Waals surface area (Å²) in [6.07, 6.45) is 4.20. The number of carbonyl (C=O) groups is 2. The Bertz CT molecular complexity index is 953. The standard InChI is InChI=1S/C24H25BrN2O3/c1-2-15-30-21-9-7-20(8-10-21)27-23(28)16-22(24(27)29)26-13-11-18(12-14-26)17-3-5-19(25)6-4-17/h3-11,22H,2,12-16H2,1H3/t22-/m1/s1. The number of amides is 2. The molecule has 0 N–H and O–H groups in total. The Morgan fingerprint density at radius 2 is 1.80 bits per heavy atom. The molecule has 1 saturated heterocycles. The second-order valence-corrected chi connectivity index (χ2v) is 8.53. The van der Waals surface area contributed by atoms with Crippen molar-refractivity contribution in [2.24, 2.45) is 0 Å². The minimum absolute atomic E-state index is 0.136. The van der Waals surface area contributed by atoms with Gasteiger partial charge in [0.1, 0.15) is 5.75 Å². The molecule has 4 rings (SSSR count). The van der Waals surface area contributed by atoms with Gasteiger partial charge in [-0.2, -0.15) is 0 Å². The molecule has 2 aromatic carbocycles. The molecule has 6 heteroatoms. The van der Waals surface area contributed by atoms with E-state index < -0.39 is 6.04 Å². The number of ether oxygens (including phenoxy) is 1. The average molecular weight is 469 g/mol. The zero-order chi connectivity index (χ0) is 21.1. The van der Waals surface area contributed by atoms with E-state index in [1.807, 2.05) is 31.2 Å². The van der Waals surface area contributed by atoms with Crippen molar-refractivity contribution in [3.05, 3.63) is 64.6 Å². The van der Waals surface area contributed by atoms with Gasteiger partial charge in [-0.1, -0.05) is 41.1 Å². The first-order valence-electron chi connectivity index (χ1n) is 10.4. The lowest BCUT2D eigenvalue weighted by atomic mass is 9.98. The van der Waals surface area contributed by atoms with Gasteiger partial charge in [0.15, 0.2) is 0 Å². The molecule has 2 heterocycles. The summed E-state index contributed by atoms with van der Waals surface area (Å²) >= 11 is 3.47. The molecule has 0 spiro atoms. The highest BCUT2D eigenvalue weighted by Gasteiger charge is 2.42. The Morgan fingerprint density at radius 3 is 2.43 bits per heavy atom. The van der Waals surface area contributed by atoms with Gasteiger partial charge in [0, 0.05) is 17.6 Å². The summed E-state index contributed by atoms with van der Waals surface area (Å²) in [7, 11) is 0. The van der Waals surface area contributed by atoms with Crippen LogP contribution in [-0.2, 0) is 9.59 Å². The van der Waals surface area contributed by atoms with Crippen molar-refractivity contribution in [1.82, 2.24) is 4.90 Å². The first kappa shape index (κ1) is 20.8. The van der Waals surface area contributed by atoms with Crippen molar-refractivity contribution in [2.75, 3.05) is 24.6 Å². The van der Waals surface area contributed by atoms with E-state index in [-0.39, 0.29) is 18.2 Å². The molecule has 156 valence electrons. The Kier molecular flexibility index (Phi) is 6.35. The largest absolute Gasteiger partial charge is 0.494 e. The zero-order valence-corrected chi connectivity index (χ0v) is 18.6. The second-order valence-electron chi connectivity index (χ2n) is 7.61. The molecule has 2 aliphatic heterocycles. The van der Waals surface area contributed by atoms with Gasteiger partial charge >= 0.3 is 0 Å². The lowest BCUT2D eigenvalue weighted by molar-refractivity contribution is -0.122. The van der Waals surface area contributed by atoms with Gasteiger partial charge in [-0.25, -0.2) is 4.90 Å². The van der Waals surface area contributed by atoms with E-state index in [0.29, 0.717) is 18.8 Å². The third-order valence-electron chi connectivity index (χ3n) is 5.59. The van der Waals surface area contributed by atoms with E-state index in [0.717, 1.165) is 29.6 Å². The molecule has 30 heavy (non-hydrogen) atoms. The molecule has 0 radical (unpaired) electrons. The Hall–Kier alpha value is -2.44. The normalized spacial score (nSPS) is 19.9. The second kappa shape index (κ2) is 9.14. The highest BCUT2D eigenvalue weighted by molar-refractivity contribution is 9.10. The maximum Gasteiger partial charge on any atom is 0.251 e. The molecule has 1 atom stereocenters. The third kappa shape index (κ3) is 4.35. The van der Waals surface area contributed by atoms with Crippen molar-refractivity contribution in [1.29, 1.82) is 0 Å².